The van der Waals surface area contributed by atoms with E-state index in [2.05, 4.69) is 0 Å². The lowest BCUT2D eigenvalue weighted by Crippen LogP contribution is -2.47. The van der Waals surface area contributed by atoms with Crippen LogP contribution in [-0.4, -0.2) is 34.1 Å². The molecule has 3 rings (SSSR count). The molecule has 17 heavy (non-hydrogen) atoms. The smallest absolute Gasteiger partial charge is 0.271 e. The van der Waals surface area contributed by atoms with Gasteiger partial charge in [-0.15, -0.1) is 0 Å². The van der Waals surface area contributed by atoms with Crippen LogP contribution in [0.25, 0.3) is 0 Å². The summed E-state index contributed by atoms with van der Waals surface area (Å²) in [6.45, 7) is 1.72. The molecule has 2 aliphatic rings. The number of carbonyl (C=O) groups is 1. The highest BCUT2D eigenvalue weighted by atomic mass is 16.3. The normalized spacial score (nSPS) is 25.1. The third kappa shape index (κ3) is 1.64. The molecule has 1 aromatic rings. The number of aliphatic hydroxyl groups excluding tert-OH is 1. The summed E-state index contributed by atoms with van der Waals surface area (Å²) < 4.78 is 0. The van der Waals surface area contributed by atoms with Gasteiger partial charge in [-0.25, -0.2) is 10.0 Å². The van der Waals surface area contributed by atoms with Gasteiger partial charge in [0.25, 0.3) is 5.91 Å². The summed E-state index contributed by atoms with van der Waals surface area (Å²) in [6, 6.07) is 7.30. The van der Waals surface area contributed by atoms with Gasteiger partial charge in [0.05, 0.1) is 0 Å². The van der Waals surface area contributed by atoms with E-state index in [1.807, 2.05) is 23.2 Å². The Bertz CT molecular complexity index is 441. The summed E-state index contributed by atoms with van der Waals surface area (Å²) in [5, 5.41) is 13.7. The number of nitrogens with zero attached hydrogens (tertiary/aromatic N) is 2. The lowest BCUT2D eigenvalue weighted by molar-refractivity contribution is -0.110. The molecule has 0 bridgehead atoms. The van der Waals surface area contributed by atoms with Crippen LogP contribution < -0.4 is 0 Å². The van der Waals surface area contributed by atoms with Gasteiger partial charge in [0, 0.05) is 24.2 Å². The number of rotatable bonds is 1. The van der Waals surface area contributed by atoms with Crippen LogP contribution in [-0.2, 0) is 0 Å². The van der Waals surface area contributed by atoms with Gasteiger partial charge < -0.3 is 5.11 Å². The average Bonchev–Trinajstić information content (AvgIpc) is 2.64. The maximum Gasteiger partial charge on any atom is 0.271 e. The standard InChI is InChI=1S/C13H16N2O2/c16-12-10-6-2-3-7-11(10)13(17)15(12)14-8-4-1-5-9-14/h2-3,6-7,12,16H,1,4-5,8-9H2. The van der Waals surface area contributed by atoms with Crippen LogP contribution in [0.3, 0.4) is 0 Å². The molecule has 0 saturated carbocycles. The van der Waals surface area contributed by atoms with Crippen molar-refractivity contribution in [2.24, 2.45) is 0 Å². The highest BCUT2D eigenvalue weighted by molar-refractivity contribution is 5.98. The SMILES string of the molecule is O=C1c2ccccc2C(O)N1N1CCCCC1. The largest absolute Gasteiger partial charge is 0.368 e. The second-order valence-electron chi connectivity index (χ2n) is 4.62. The molecule has 0 aromatic heterocycles. The highest BCUT2D eigenvalue weighted by Crippen LogP contribution is 2.33. The molecule has 4 heteroatoms. The van der Waals surface area contributed by atoms with E-state index in [0.717, 1.165) is 31.5 Å². The summed E-state index contributed by atoms with van der Waals surface area (Å²) in [6.07, 6.45) is 2.58. The third-order valence-electron chi connectivity index (χ3n) is 3.55. The van der Waals surface area contributed by atoms with Crippen molar-refractivity contribution in [3.05, 3.63) is 35.4 Å². The first-order valence-electron chi connectivity index (χ1n) is 6.14. The van der Waals surface area contributed by atoms with Crippen LogP contribution in [0.5, 0.6) is 0 Å². The maximum absolute atomic E-state index is 12.2. The number of fused-ring (bicyclic) bond motifs is 1. The Morgan fingerprint density at radius 1 is 1.12 bits per heavy atom. The summed E-state index contributed by atoms with van der Waals surface area (Å²) in [5.41, 5.74) is 1.36. The number of aliphatic hydroxyl groups is 1. The van der Waals surface area contributed by atoms with Gasteiger partial charge in [0.15, 0.2) is 6.23 Å². The van der Waals surface area contributed by atoms with Gasteiger partial charge >= 0.3 is 0 Å². The number of hydrazine groups is 1. The minimum atomic E-state index is -0.809. The zero-order valence-electron chi connectivity index (χ0n) is 9.67. The summed E-state index contributed by atoms with van der Waals surface area (Å²) in [5.74, 6) is -0.0741. The van der Waals surface area contributed by atoms with Gasteiger partial charge in [-0.2, -0.15) is 0 Å². The van der Waals surface area contributed by atoms with Crippen molar-refractivity contribution in [3.8, 4) is 0 Å². The van der Waals surface area contributed by atoms with Crippen molar-refractivity contribution in [1.82, 2.24) is 10.0 Å². The van der Waals surface area contributed by atoms with Gasteiger partial charge in [-0.3, -0.25) is 4.79 Å². The zero-order valence-corrected chi connectivity index (χ0v) is 9.67. The quantitative estimate of drug-likeness (QED) is 0.798. The van der Waals surface area contributed by atoms with Crippen molar-refractivity contribution in [2.45, 2.75) is 25.5 Å². The highest BCUT2D eigenvalue weighted by Gasteiger charge is 2.39. The minimum absolute atomic E-state index is 0.0741. The fourth-order valence-corrected chi connectivity index (χ4v) is 2.66. The molecule has 1 saturated heterocycles. The molecule has 1 amide bonds. The van der Waals surface area contributed by atoms with Gasteiger partial charge in [0.2, 0.25) is 0 Å². The predicted molar refractivity (Wildman–Crippen MR) is 63.0 cm³/mol. The molecule has 0 aliphatic carbocycles. The van der Waals surface area contributed by atoms with Crippen molar-refractivity contribution < 1.29 is 9.90 Å². The molecule has 1 aromatic carbocycles. The van der Waals surface area contributed by atoms with E-state index in [-0.39, 0.29) is 5.91 Å². The lowest BCUT2D eigenvalue weighted by Gasteiger charge is -2.36. The van der Waals surface area contributed by atoms with E-state index < -0.39 is 6.23 Å². The molecular weight excluding hydrogens is 216 g/mol. The molecule has 2 aliphatic heterocycles. The Labute approximate surface area is 100 Å². The van der Waals surface area contributed by atoms with E-state index >= 15 is 0 Å². The molecule has 1 unspecified atom stereocenters. The zero-order chi connectivity index (χ0) is 11.8. The second kappa shape index (κ2) is 4.13. The summed E-state index contributed by atoms with van der Waals surface area (Å²) >= 11 is 0. The van der Waals surface area contributed by atoms with Gasteiger partial charge in [0.1, 0.15) is 0 Å². The first kappa shape index (κ1) is 10.7. The van der Waals surface area contributed by atoms with E-state index in [1.54, 1.807) is 6.07 Å². The number of benzene rings is 1. The lowest BCUT2D eigenvalue weighted by atomic mass is 10.1. The molecule has 1 N–H and O–H groups in total. The Morgan fingerprint density at radius 2 is 1.82 bits per heavy atom. The van der Waals surface area contributed by atoms with Crippen molar-refractivity contribution in [3.63, 3.8) is 0 Å². The molecule has 90 valence electrons. The fraction of sp³-hybridized carbons (Fsp3) is 0.462. The van der Waals surface area contributed by atoms with E-state index in [1.165, 1.54) is 11.4 Å². The monoisotopic (exact) mass is 232 g/mol. The summed E-state index contributed by atoms with van der Waals surface area (Å²) in [7, 11) is 0. The van der Waals surface area contributed by atoms with E-state index in [0.29, 0.717) is 5.56 Å². The Kier molecular flexibility index (Phi) is 2.61. The third-order valence-corrected chi connectivity index (χ3v) is 3.55. The van der Waals surface area contributed by atoms with Crippen LogP contribution in [0, 0.1) is 0 Å². The van der Waals surface area contributed by atoms with Crippen LogP contribution in [0.15, 0.2) is 24.3 Å². The number of carbonyl (C=O) groups excluding carboxylic acids is 1. The molecular formula is C13H16N2O2. The van der Waals surface area contributed by atoms with Crippen molar-refractivity contribution in [1.29, 1.82) is 0 Å². The Morgan fingerprint density at radius 3 is 2.53 bits per heavy atom. The van der Waals surface area contributed by atoms with E-state index in [4.69, 9.17) is 0 Å². The number of piperidine rings is 1. The Balaban J connectivity index is 1.91. The fourth-order valence-electron chi connectivity index (χ4n) is 2.66. The first-order chi connectivity index (χ1) is 8.29. The number of hydrogen-bond donors (Lipinski definition) is 1. The van der Waals surface area contributed by atoms with Crippen LogP contribution in [0.2, 0.25) is 0 Å². The van der Waals surface area contributed by atoms with Gasteiger partial charge in [-0.1, -0.05) is 24.6 Å². The van der Waals surface area contributed by atoms with Crippen molar-refractivity contribution in [2.75, 3.05) is 13.1 Å². The molecule has 4 nitrogen and oxygen atoms in total. The van der Waals surface area contributed by atoms with Crippen molar-refractivity contribution >= 4 is 5.91 Å². The summed E-state index contributed by atoms with van der Waals surface area (Å²) in [4.78, 5) is 12.2. The molecule has 1 atom stereocenters. The number of amides is 1. The Hall–Kier alpha value is -1.39. The van der Waals surface area contributed by atoms with Crippen LogP contribution in [0.1, 0.15) is 41.4 Å². The molecule has 0 radical (unpaired) electrons. The van der Waals surface area contributed by atoms with Gasteiger partial charge in [-0.05, 0) is 18.9 Å². The topological polar surface area (TPSA) is 43.8 Å². The maximum atomic E-state index is 12.2. The molecule has 2 heterocycles. The minimum Gasteiger partial charge on any atom is -0.368 e. The molecule has 1 fully saturated rings. The second-order valence-corrected chi connectivity index (χ2v) is 4.62. The predicted octanol–water partition coefficient (Wildman–Crippen LogP) is 1.53. The molecule has 0 spiro atoms. The number of hydrogen-bond acceptors (Lipinski definition) is 3. The van der Waals surface area contributed by atoms with Crippen LogP contribution >= 0.6 is 0 Å². The first-order valence-corrected chi connectivity index (χ1v) is 6.14. The van der Waals surface area contributed by atoms with E-state index in [9.17, 15) is 9.90 Å². The average molecular weight is 232 g/mol. The van der Waals surface area contributed by atoms with Crippen LogP contribution in [0.4, 0.5) is 0 Å².